The maximum Gasteiger partial charge on any atom is 0.198 e. The molecule has 0 fully saturated rings. The summed E-state index contributed by atoms with van der Waals surface area (Å²) in [6, 6.07) is 13.5. The predicted molar refractivity (Wildman–Crippen MR) is 71.9 cm³/mol. The minimum Gasteiger partial charge on any atom is -0.508 e. The second-order valence-electron chi connectivity index (χ2n) is 3.39. The molecule has 0 unspecified atom stereocenters. The number of phenols is 1. The van der Waals surface area contributed by atoms with E-state index in [0.717, 1.165) is 5.56 Å². The molecule has 2 nitrogen and oxygen atoms in total. The number of thiocarbonyl (C=S) groups is 1. The smallest absolute Gasteiger partial charge is 0.198 e. The van der Waals surface area contributed by atoms with Gasteiger partial charge in [-0.15, -0.1) is 0 Å². The molecule has 17 heavy (non-hydrogen) atoms. The highest BCUT2D eigenvalue weighted by molar-refractivity contribution is 7.80. The zero-order valence-corrected chi connectivity index (χ0v) is 10.3. The maximum absolute atomic E-state index is 9.16. The zero-order chi connectivity index (χ0) is 12.3. The summed E-state index contributed by atoms with van der Waals surface area (Å²) in [5.41, 5.74) is 0.743. The van der Waals surface area contributed by atoms with Crippen LogP contribution in [0.15, 0.2) is 48.5 Å². The Morgan fingerprint density at radius 1 is 1.00 bits per heavy atom. The zero-order valence-electron chi connectivity index (χ0n) is 8.76. The Morgan fingerprint density at radius 3 is 2.18 bits per heavy atom. The average Bonchev–Trinajstić information content (AvgIpc) is 2.33. The molecule has 4 heteroatoms. The molecular formula is C13H9ClO2S. The molecule has 0 aromatic heterocycles. The summed E-state index contributed by atoms with van der Waals surface area (Å²) >= 11 is 10.9. The molecule has 0 radical (unpaired) electrons. The third-order valence-electron chi connectivity index (χ3n) is 2.13. The van der Waals surface area contributed by atoms with Crippen LogP contribution in [-0.2, 0) is 0 Å². The first-order valence-corrected chi connectivity index (χ1v) is 5.70. The number of hydrogen-bond donors (Lipinski definition) is 1. The number of rotatable bonds is 2. The van der Waals surface area contributed by atoms with Crippen molar-refractivity contribution in [1.29, 1.82) is 0 Å². The first-order chi connectivity index (χ1) is 8.15. The van der Waals surface area contributed by atoms with E-state index in [0.29, 0.717) is 15.8 Å². The molecule has 0 atom stereocenters. The first kappa shape index (κ1) is 11.9. The molecule has 0 aliphatic rings. The van der Waals surface area contributed by atoms with E-state index in [9.17, 15) is 0 Å². The Balaban J connectivity index is 2.11. The summed E-state index contributed by atoms with van der Waals surface area (Å²) in [6.45, 7) is 0. The number of aromatic hydroxyl groups is 1. The molecule has 0 saturated carbocycles. The lowest BCUT2D eigenvalue weighted by Gasteiger charge is -2.07. The molecular weight excluding hydrogens is 256 g/mol. The van der Waals surface area contributed by atoms with Gasteiger partial charge in [0.1, 0.15) is 11.5 Å². The van der Waals surface area contributed by atoms with E-state index < -0.39 is 0 Å². The number of benzene rings is 2. The van der Waals surface area contributed by atoms with E-state index in [-0.39, 0.29) is 5.75 Å². The van der Waals surface area contributed by atoms with Crippen LogP contribution in [-0.4, -0.2) is 10.2 Å². The third kappa shape index (κ3) is 3.19. The van der Waals surface area contributed by atoms with Gasteiger partial charge in [-0.2, -0.15) is 0 Å². The predicted octanol–water partition coefficient (Wildman–Crippen LogP) is 3.80. The second-order valence-corrected chi connectivity index (χ2v) is 4.20. The van der Waals surface area contributed by atoms with Crippen LogP contribution in [0.3, 0.4) is 0 Å². The van der Waals surface area contributed by atoms with Gasteiger partial charge >= 0.3 is 0 Å². The largest absolute Gasteiger partial charge is 0.508 e. The van der Waals surface area contributed by atoms with Gasteiger partial charge in [-0.1, -0.05) is 11.6 Å². The Hall–Kier alpha value is -1.58. The van der Waals surface area contributed by atoms with Crippen LogP contribution >= 0.6 is 23.8 Å². The minimum absolute atomic E-state index is 0.197. The van der Waals surface area contributed by atoms with Crippen LogP contribution in [0.1, 0.15) is 5.56 Å². The van der Waals surface area contributed by atoms with Gasteiger partial charge in [-0.3, -0.25) is 0 Å². The van der Waals surface area contributed by atoms with Crippen molar-refractivity contribution in [1.82, 2.24) is 0 Å². The van der Waals surface area contributed by atoms with E-state index in [1.54, 1.807) is 48.5 Å². The SMILES string of the molecule is Oc1ccc(C(=S)Oc2ccc(Cl)cc2)cc1. The maximum atomic E-state index is 9.16. The number of ether oxygens (including phenoxy) is 1. The molecule has 86 valence electrons. The molecule has 0 amide bonds. The number of hydrogen-bond acceptors (Lipinski definition) is 3. The molecule has 2 aromatic rings. The average molecular weight is 265 g/mol. The van der Waals surface area contributed by atoms with E-state index in [2.05, 4.69) is 0 Å². The first-order valence-electron chi connectivity index (χ1n) is 4.92. The van der Waals surface area contributed by atoms with Gasteiger partial charge in [0.25, 0.3) is 0 Å². The topological polar surface area (TPSA) is 29.5 Å². The Labute approximate surface area is 109 Å². The lowest BCUT2D eigenvalue weighted by molar-refractivity contribution is 0.475. The summed E-state index contributed by atoms with van der Waals surface area (Å²) in [5.74, 6) is 0.829. The molecule has 0 aliphatic carbocycles. The fraction of sp³-hybridized carbons (Fsp3) is 0. The molecule has 0 bridgehead atoms. The summed E-state index contributed by atoms with van der Waals surface area (Å²) < 4.78 is 5.49. The molecule has 0 spiro atoms. The lowest BCUT2D eigenvalue weighted by Crippen LogP contribution is -2.06. The van der Waals surface area contributed by atoms with Gasteiger partial charge in [-0.05, 0) is 60.7 Å². The van der Waals surface area contributed by atoms with Crippen LogP contribution in [0.2, 0.25) is 5.02 Å². The van der Waals surface area contributed by atoms with E-state index in [1.165, 1.54) is 0 Å². The molecule has 2 rings (SSSR count). The fourth-order valence-electron chi connectivity index (χ4n) is 1.27. The molecule has 0 aliphatic heterocycles. The number of halogens is 1. The van der Waals surface area contributed by atoms with Crippen molar-refractivity contribution in [3.63, 3.8) is 0 Å². The summed E-state index contributed by atoms with van der Waals surface area (Å²) in [6.07, 6.45) is 0. The van der Waals surface area contributed by atoms with E-state index in [4.69, 9.17) is 33.7 Å². The highest BCUT2D eigenvalue weighted by Crippen LogP contribution is 2.18. The van der Waals surface area contributed by atoms with Crippen molar-refractivity contribution < 1.29 is 9.84 Å². The Morgan fingerprint density at radius 2 is 1.59 bits per heavy atom. The van der Waals surface area contributed by atoms with Crippen molar-refractivity contribution in [3.05, 3.63) is 59.1 Å². The van der Waals surface area contributed by atoms with Crippen molar-refractivity contribution in [2.24, 2.45) is 0 Å². The van der Waals surface area contributed by atoms with Gasteiger partial charge in [-0.25, -0.2) is 0 Å². The summed E-state index contributed by atoms with van der Waals surface area (Å²) in [4.78, 5) is 0. The number of phenolic OH excluding ortho intramolecular Hbond substituents is 1. The quantitative estimate of drug-likeness (QED) is 0.837. The Kier molecular flexibility index (Phi) is 3.61. The molecule has 2 aromatic carbocycles. The molecule has 1 N–H and O–H groups in total. The highest BCUT2D eigenvalue weighted by Gasteiger charge is 2.04. The molecule has 0 saturated heterocycles. The summed E-state index contributed by atoms with van der Waals surface area (Å²) in [5, 5.41) is 10.2. The van der Waals surface area contributed by atoms with Crippen LogP contribution in [0.5, 0.6) is 11.5 Å². The van der Waals surface area contributed by atoms with Crippen LogP contribution < -0.4 is 4.74 Å². The monoisotopic (exact) mass is 264 g/mol. The van der Waals surface area contributed by atoms with Gasteiger partial charge < -0.3 is 9.84 Å². The van der Waals surface area contributed by atoms with Crippen molar-refractivity contribution in [2.45, 2.75) is 0 Å². The van der Waals surface area contributed by atoms with E-state index in [1.807, 2.05) is 0 Å². The Bertz CT molecular complexity index is 520. The van der Waals surface area contributed by atoms with Crippen molar-refractivity contribution >= 4 is 28.9 Å². The van der Waals surface area contributed by atoms with Gasteiger partial charge in [0.05, 0.1) is 0 Å². The lowest BCUT2D eigenvalue weighted by atomic mass is 10.2. The normalized spacial score (nSPS) is 9.94. The van der Waals surface area contributed by atoms with Crippen molar-refractivity contribution in [3.8, 4) is 11.5 Å². The van der Waals surface area contributed by atoms with E-state index >= 15 is 0 Å². The van der Waals surface area contributed by atoms with Gasteiger partial charge in [0, 0.05) is 10.6 Å². The second kappa shape index (κ2) is 5.17. The third-order valence-corrected chi connectivity index (χ3v) is 2.70. The van der Waals surface area contributed by atoms with Crippen molar-refractivity contribution in [2.75, 3.05) is 0 Å². The minimum atomic E-state index is 0.197. The summed E-state index contributed by atoms with van der Waals surface area (Å²) in [7, 11) is 0. The standard InChI is InChI=1S/C13H9ClO2S/c14-10-3-7-12(8-4-10)16-13(17)9-1-5-11(15)6-2-9/h1-8,15H. The molecule has 0 heterocycles. The van der Waals surface area contributed by atoms with Crippen LogP contribution in [0, 0.1) is 0 Å². The highest BCUT2D eigenvalue weighted by atomic mass is 35.5. The fourth-order valence-corrected chi connectivity index (χ4v) is 1.62. The van der Waals surface area contributed by atoms with Gasteiger partial charge in [0.15, 0.2) is 5.05 Å². The van der Waals surface area contributed by atoms with Crippen LogP contribution in [0.4, 0.5) is 0 Å². The van der Waals surface area contributed by atoms with Crippen LogP contribution in [0.25, 0.3) is 0 Å². The van der Waals surface area contributed by atoms with Gasteiger partial charge in [0.2, 0.25) is 0 Å².